The average Bonchev–Trinajstić information content (AvgIpc) is 2.24. The van der Waals surface area contributed by atoms with Crippen LogP contribution in [-0.4, -0.2) is 48.3 Å². The average molecular weight is 289 g/mol. The molecule has 0 rings (SSSR count). The number of carbonyl (C=O) groups is 3. The van der Waals surface area contributed by atoms with Gasteiger partial charge in [0, 0.05) is 25.7 Å². The van der Waals surface area contributed by atoms with Gasteiger partial charge in [-0.25, -0.2) is 9.59 Å². The summed E-state index contributed by atoms with van der Waals surface area (Å²) in [6, 6.07) is -1.66. The van der Waals surface area contributed by atoms with Crippen molar-refractivity contribution < 1.29 is 24.2 Å². The summed E-state index contributed by atoms with van der Waals surface area (Å²) < 4.78 is 4.83. The van der Waals surface area contributed by atoms with E-state index in [9.17, 15) is 14.4 Å². The van der Waals surface area contributed by atoms with E-state index in [4.69, 9.17) is 15.6 Å². The number of methoxy groups -OCH3 is 1. The van der Waals surface area contributed by atoms with Gasteiger partial charge in [0.2, 0.25) is 5.91 Å². The molecule has 0 aromatic heterocycles. The van der Waals surface area contributed by atoms with Crippen LogP contribution >= 0.6 is 0 Å². The lowest BCUT2D eigenvalue weighted by atomic mass is 10.0. The Hall–Kier alpha value is -1.83. The fraction of sp³-hybridized carbons (Fsp3) is 0.750. The summed E-state index contributed by atoms with van der Waals surface area (Å²) in [5, 5.41) is 13.9. The first-order chi connectivity index (χ1) is 9.18. The Morgan fingerprint density at radius 1 is 1.35 bits per heavy atom. The van der Waals surface area contributed by atoms with E-state index in [0.29, 0.717) is 13.0 Å². The van der Waals surface area contributed by atoms with Gasteiger partial charge in [-0.05, 0) is 26.7 Å². The summed E-state index contributed by atoms with van der Waals surface area (Å²) in [5.41, 5.74) is 4.22. The number of carbonyl (C=O) groups excluding carboxylic acids is 2. The van der Waals surface area contributed by atoms with E-state index in [0.717, 1.165) is 0 Å². The van der Waals surface area contributed by atoms with Crippen molar-refractivity contribution >= 4 is 17.9 Å². The molecule has 0 heterocycles. The molecule has 1 atom stereocenters. The number of ether oxygens (including phenoxy) is 1. The molecule has 5 N–H and O–H groups in total. The summed E-state index contributed by atoms with van der Waals surface area (Å²) in [4.78, 5) is 33.6. The highest BCUT2D eigenvalue weighted by atomic mass is 16.5. The SMILES string of the molecule is COCCCC(NC(=O)NC(C)(C)CC(N)=O)C(=O)O. The van der Waals surface area contributed by atoms with Crippen LogP contribution in [0.1, 0.15) is 33.1 Å². The van der Waals surface area contributed by atoms with Crippen LogP contribution in [0.5, 0.6) is 0 Å². The molecule has 0 saturated heterocycles. The van der Waals surface area contributed by atoms with E-state index in [2.05, 4.69) is 10.6 Å². The van der Waals surface area contributed by atoms with Crippen LogP contribution in [0.15, 0.2) is 0 Å². The van der Waals surface area contributed by atoms with Gasteiger partial charge in [0.15, 0.2) is 0 Å². The molecule has 1 unspecified atom stereocenters. The number of carboxylic acids is 1. The second-order valence-corrected chi connectivity index (χ2v) is 5.15. The summed E-state index contributed by atoms with van der Waals surface area (Å²) in [6.45, 7) is 3.66. The lowest BCUT2D eigenvalue weighted by Crippen LogP contribution is -2.53. The number of nitrogens with one attached hydrogen (secondary N) is 2. The Morgan fingerprint density at radius 3 is 2.40 bits per heavy atom. The van der Waals surface area contributed by atoms with Crippen molar-refractivity contribution in [2.45, 2.75) is 44.7 Å². The summed E-state index contributed by atoms with van der Waals surface area (Å²) in [6.07, 6.45) is 0.729. The van der Waals surface area contributed by atoms with Crippen molar-refractivity contribution in [2.24, 2.45) is 5.73 Å². The van der Waals surface area contributed by atoms with Gasteiger partial charge in [-0.2, -0.15) is 0 Å². The largest absolute Gasteiger partial charge is 0.480 e. The van der Waals surface area contributed by atoms with Crippen LogP contribution in [0.2, 0.25) is 0 Å². The maximum atomic E-state index is 11.7. The Labute approximate surface area is 118 Å². The molecule has 0 bridgehead atoms. The van der Waals surface area contributed by atoms with Gasteiger partial charge in [-0.3, -0.25) is 4.79 Å². The predicted octanol–water partition coefficient (Wildman–Crippen LogP) is -0.181. The Kier molecular flexibility index (Phi) is 7.60. The minimum absolute atomic E-state index is 0.0398. The molecule has 8 nitrogen and oxygen atoms in total. The smallest absolute Gasteiger partial charge is 0.326 e. The predicted molar refractivity (Wildman–Crippen MR) is 72.1 cm³/mol. The number of hydrogen-bond acceptors (Lipinski definition) is 4. The standard InChI is InChI=1S/C12H23N3O5/c1-12(2,7-9(13)16)15-11(19)14-8(10(17)18)5-4-6-20-3/h8H,4-7H2,1-3H3,(H2,13,16)(H,17,18)(H2,14,15,19). The molecule has 0 radical (unpaired) electrons. The maximum Gasteiger partial charge on any atom is 0.326 e. The van der Waals surface area contributed by atoms with Crippen molar-refractivity contribution in [1.82, 2.24) is 10.6 Å². The number of primary amides is 1. The van der Waals surface area contributed by atoms with E-state index >= 15 is 0 Å². The molecule has 116 valence electrons. The normalized spacial score (nSPS) is 12.6. The number of carboxylic acid groups (broad SMARTS) is 1. The topological polar surface area (TPSA) is 131 Å². The van der Waals surface area contributed by atoms with Crippen LogP contribution in [0, 0.1) is 0 Å². The number of nitrogens with two attached hydrogens (primary N) is 1. The van der Waals surface area contributed by atoms with E-state index in [-0.39, 0.29) is 12.8 Å². The Morgan fingerprint density at radius 2 is 1.95 bits per heavy atom. The molecule has 0 aliphatic carbocycles. The number of urea groups is 1. The summed E-state index contributed by atoms with van der Waals surface area (Å²) in [5.74, 6) is -1.67. The van der Waals surface area contributed by atoms with Gasteiger partial charge in [0.1, 0.15) is 6.04 Å². The second-order valence-electron chi connectivity index (χ2n) is 5.15. The number of rotatable bonds is 9. The van der Waals surface area contributed by atoms with Gasteiger partial charge in [-0.1, -0.05) is 0 Å². The monoisotopic (exact) mass is 289 g/mol. The highest BCUT2D eigenvalue weighted by Gasteiger charge is 2.25. The van der Waals surface area contributed by atoms with Crippen molar-refractivity contribution in [3.05, 3.63) is 0 Å². The molecule has 0 aromatic rings. The third kappa shape index (κ3) is 8.30. The molecule has 0 fully saturated rings. The van der Waals surface area contributed by atoms with E-state index in [1.54, 1.807) is 13.8 Å². The fourth-order valence-corrected chi connectivity index (χ4v) is 1.67. The lowest BCUT2D eigenvalue weighted by Gasteiger charge is -2.26. The minimum Gasteiger partial charge on any atom is -0.480 e. The lowest BCUT2D eigenvalue weighted by molar-refractivity contribution is -0.139. The van der Waals surface area contributed by atoms with Crippen LogP contribution in [0.3, 0.4) is 0 Å². The zero-order valence-corrected chi connectivity index (χ0v) is 12.1. The summed E-state index contributed by atoms with van der Waals surface area (Å²) >= 11 is 0. The highest BCUT2D eigenvalue weighted by Crippen LogP contribution is 2.07. The van der Waals surface area contributed by atoms with Gasteiger partial charge in [0.25, 0.3) is 0 Å². The Bertz CT molecular complexity index is 357. The van der Waals surface area contributed by atoms with Gasteiger partial charge in [-0.15, -0.1) is 0 Å². The number of hydrogen-bond donors (Lipinski definition) is 4. The molecule has 0 spiro atoms. The molecule has 3 amide bonds. The first-order valence-corrected chi connectivity index (χ1v) is 6.26. The zero-order valence-electron chi connectivity index (χ0n) is 12.1. The van der Waals surface area contributed by atoms with Gasteiger partial charge < -0.3 is 26.2 Å². The molecule has 0 aliphatic rings. The molecule has 20 heavy (non-hydrogen) atoms. The molecule has 8 heteroatoms. The molecule has 0 saturated carbocycles. The molecular weight excluding hydrogens is 266 g/mol. The van der Waals surface area contributed by atoms with Crippen molar-refractivity contribution in [2.75, 3.05) is 13.7 Å². The van der Waals surface area contributed by atoms with Crippen molar-refractivity contribution in [3.63, 3.8) is 0 Å². The molecular formula is C12H23N3O5. The number of amides is 3. The quantitative estimate of drug-likeness (QED) is 0.437. The first kappa shape index (κ1) is 18.2. The highest BCUT2D eigenvalue weighted by molar-refractivity contribution is 5.83. The van der Waals surface area contributed by atoms with Crippen LogP contribution in [0.25, 0.3) is 0 Å². The van der Waals surface area contributed by atoms with Crippen molar-refractivity contribution in [1.29, 1.82) is 0 Å². The minimum atomic E-state index is -1.12. The zero-order chi connectivity index (χ0) is 15.8. The van der Waals surface area contributed by atoms with E-state index in [1.165, 1.54) is 7.11 Å². The van der Waals surface area contributed by atoms with Crippen LogP contribution < -0.4 is 16.4 Å². The first-order valence-electron chi connectivity index (χ1n) is 6.26. The third-order valence-electron chi connectivity index (χ3n) is 2.51. The second kappa shape index (κ2) is 8.36. The van der Waals surface area contributed by atoms with Gasteiger partial charge in [0.05, 0.1) is 0 Å². The molecule has 0 aliphatic heterocycles. The Balaban J connectivity index is 4.38. The fourth-order valence-electron chi connectivity index (χ4n) is 1.67. The number of aliphatic carboxylic acids is 1. The van der Waals surface area contributed by atoms with E-state index in [1.807, 2.05) is 0 Å². The maximum absolute atomic E-state index is 11.7. The van der Waals surface area contributed by atoms with Gasteiger partial charge >= 0.3 is 12.0 Å². The van der Waals surface area contributed by atoms with Crippen LogP contribution in [0.4, 0.5) is 4.79 Å². The molecule has 0 aromatic carbocycles. The summed E-state index contributed by atoms with van der Waals surface area (Å²) in [7, 11) is 1.52. The third-order valence-corrected chi connectivity index (χ3v) is 2.51. The van der Waals surface area contributed by atoms with Crippen LogP contribution in [-0.2, 0) is 14.3 Å². The van der Waals surface area contributed by atoms with E-state index < -0.39 is 29.5 Å². The van der Waals surface area contributed by atoms with Crippen molar-refractivity contribution in [3.8, 4) is 0 Å².